The van der Waals surface area contributed by atoms with E-state index in [0.717, 1.165) is 19.3 Å². The van der Waals surface area contributed by atoms with Crippen molar-refractivity contribution in [1.82, 2.24) is 0 Å². The SMILES string of the molecule is CCCCC=CCCC=CCCCCCCOC(C)=O. The third kappa shape index (κ3) is 16.9. The van der Waals surface area contributed by atoms with Crippen LogP contribution in [0.2, 0.25) is 0 Å². The van der Waals surface area contributed by atoms with Crippen molar-refractivity contribution in [2.45, 2.75) is 78.1 Å². The Labute approximate surface area is 125 Å². The highest BCUT2D eigenvalue weighted by Crippen LogP contribution is 2.05. The van der Waals surface area contributed by atoms with E-state index in [1.807, 2.05) is 0 Å². The fourth-order valence-electron chi connectivity index (χ4n) is 1.92. The molecule has 0 aliphatic heterocycles. The van der Waals surface area contributed by atoms with E-state index in [9.17, 15) is 4.79 Å². The van der Waals surface area contributed by atoms with Gasteiger partial charge in [0.15, 0.2) is 0 Å². The lowest BCUT2D eigenvalue weighted by Crippen LogP contribution is -1.99. The predicted molar refractivity (Wildman–Crippen MR) is 86.8 cm³/mol. The number of carbonyl (C=O) groups excluding carboxylic acids is 1. The van der Waals surface area contributed by atoms with Crippen molar-refractivity contribution in [3.8, 4) is 0 Å². The van der Waals surface area contributed by atoms with Crippen molar-refractivity contribution in [1.29, 1.82) is 0 Å². The van der Waals surface area contributed by atoms with Crippen LogP contribution in [0.25, 0.3) is 0 Å². The maximum atomic E-state index is 10.5. The number of ether oxygens (including phenoxy) is 1. The van der Waals surface area contributed by atoms with Gasteiger partial charge >= 0.3 is 5.97 Å². The third-order valence-electron chi connectivity index (χ3n) is 3.13. The molecule has 0 aliphatic carbocycles. The second-order valence-electron chi connectivity index (χ2n) is 5.21. The van der Waals surface area contributed by atoms with Gasteiger partial charge in [-0.1, -0.05) is 56.9 Å². The summed E-state index contributed by atoms with van der Waals surface area (Å²) in [5.74, 6) is -0.170. The Bertz CT molecular complexity index is 267. The Balaban J connectivity index is 3.16. The van der Waals surface area contributed by atoms with E-state index in [2.05, 4.69) is 31.2 Å². The molecule has 0 aromatic carbocycles. The minimum Gasteiger partial charge on any atom is -0.466 e. The molecule has 116 valence electrons. The molecule has 0 aliphatic rings. The first-order chi connectivity index (χ1) is 9.77. The van der Waals surface area contributed by atoms with Gasteiger partial charge in [-0.2, -0.15) is 0 Å². The molecule has 0 N–H and O–H groups in total. The molecule has 0 aromatic rings. The fourth-order valence-corrected chi connectivity index (χ4v) is 1.92. The maximum absolute atomic E-state index is 10.5. The first kappa shape index (κ1) is 18.9. The summed E-state index contributed by atoms with van der Waals surface area (Å²) in [4.78, 5) is 10.5. The van der Waals surface area contributed by atoms with Crippen LogP contribution in [0, 0.1) is 0 Å². The second-order valence-corrected chi connectivity index (χ2v) is 5.21. The number of unbranched alkanes of at least 4 members (excludes halogenated alkanes) is 7. The molecule has 0 amide bonds. The molecule has 0 saturated carbocycles. The lowest BCUT2D eigenvalue weighted by atomic mass is 10.1. The Morgan fingerprint density at radius 3 is 1.95 bits per heavy atom. The first-order valence-electron chi connectivity index (χ1n) is 8.20. The van der Waals surface area contributed by atoms with Gasteiger partial charge in [-0.25, -0.2) is 0 Å². The number of allylic oxidation sites excluding steroid dienone is 4. The van der Waals surface area contributed by atoms with Crippen molar-refractivity contribution in [2.24, 2.45) is 0 Å². The molecular formula is C18H32O2. The summed E-state index contributed by atoms with van der Waals surface area (Å²) in [5, 5.41) is 0. The van der Waals surface area contributed by atoms with Gasteiger partial charge in [-0.3, -0.25) is 4.79 Å². The molecule has 0 spiro atoms. The van der Waals surface area contributed by atoms with Crippen LogP contribution in [0.4, 0.5) is 0 Å². The van der Waals surface area contributed by atoms with Crippen molar-refractivity contribution < 1.29 is 9.53 Å². The van der Waals surface area contributed by atoms with Crippen molar-refractivity contribution in [3.63, 3.8) is 0 Å². The molecule has 0 fully saturated rings. The quantitative estimate of drug-likeness (QED) is 0.250. The molecular weight excluding hydrogens is 248 g/mol. The summed E-state index contributed by atoms with van der Waals surface area (Å²) in [6.07, 6.45) is 21.1. The van der Waals surface area contributed by atoms with Crippen LogP contribution in [-0.4, -0.2) is 12.6 Å². The van der Waals surface area contributed by atoms with Crippen molar-refractivity contribution in [2.75, 3.05) is 6.61 Å². The lowest BCUT2D eigenvalue weighted by Gasteiger charge is -2.00. The van der Waals surface area contributed by atoms with Crippen LogP contribution in [-0.2, 0) is 9.53 Å². The van der Waals surface area contributed by atoms with E-state index in [-0.39, 0.29) is 5.97 Å². The third-order valence-corrected chi connectivity index (χ3v) is 3.13. The second kappa shape index (κ2) is 16.0. The monoisotopic (exact) mass is 280 g/mol. The molecule has 0 atom stereocenters. The molecule has 0 aromatic heterocycles. The number of hydrogen-bond acceptors (Lipinski definition) is 2. The van der Waals surface area contributed by atoms with Crippen LogP contribution in [0.1, 0.15) is 78.1 Å². The topological polar surface area (TPSA) is 26.3 Å². The van der Waals surface area contributed by atoms with E-state index in [1.165, 1.54) is 51.9 Å². The summed E-state index contributed by atoms with van der Waals surface area (Å²) in [6.45, 7) is 4.27. The summed E-state index contributed by atoms with van der Waals surface area (Å²) < 4.78 is 4.89. The van der Waals surface area contributed by atoms with Gasteiger partial charge in [0, 0.05) is 6.92 Å². The first-order valence-corrected chi connectivity index (χ1v) is 8.20. The Morgan fingerprint density at radius 1 is 0.800 bits per heavy atom. The molecule has 0 saturated heterocycles. The molecule has 0 rings (SSSR count). The highest BCUT2D eigenvalue weighted by molar-refractivity contribution is 5.65. The van der Waals surface area contributed by atoms with Crippen LogP contribution < -0.4 is 0 Å². The van der Waals surface area contributed by atoms with E-state index >= 15 is 0 Å². The Kier molecular flexibility index (Phi) is 15.2. The summed E-state index contributed by atoms with van der Waals surface area (Å²) in [5.41, 5.74) is 0. The molecule has 0 bridgehead atoms. The average Bonchev–Trinajstić information content (AvgIpc) is 2.43. The minimum absolute atomic E-state index is 0.170. The Hall–Kier alpha value is -1.05. The summed E-state index contributed by atoms with van der Waals surface area (Å²) in [7, 11) is 0. The fraction of sp³-hybridized carbons (Fsp3) is 0.722. The van der Waals surface area contributed by atoms with E-state index in [4.69, 9.17) is 4.74 Å². The average molecular weight is 280 g/mol. The van der Waals surface area contributed by atoms with Crippen LogP contribution in [0.3, 0.4) is 0 Å². The lowest BCUT2D eigenvalue weighted by molar-refractivity contribution is -0.141. The molecule has 0 radical (unpaired) electrons. The summed E-state index contributed by atoms with van der Waals surface area (Å²) >= 11 is 0. The highest BCUT2D eigenvalue weighted by Gasteiger charge is 1.92. The van der Waals surface area contributed by atoms with E-state index in [1.54, 1.807) is 0 Å². The smallest absolute Gasteiger partial charge is 0.302 e. The van der Waals surface area contributed by atoms with Crippen LogP contribution in [0.15, 0.2) is 24.3 Å². The number of esters is 1. The maximum Gasteiger partial charge on any atom is 0.302 e. The van der Waals surface area contributed by atoms with Gasteiger partial charge < -0.3 is 4.74 Å². The molecule has 2 nitrogen and oxygen atoms in total. The van der Waals surface area contributed by atoms with Gasteiger partial charge in [-0.15, -0.1) is 0 Å². The molecule has 0 unspecified atom stereocenters. The zero-order valence-electron chi connectivity index (χ0n) is 13.4. The Morgan fingerprint density at radius 2 is 1.35 bits per heavy atom. The normalized spacial score (nSPS) is 11.5. The van der Waals surface area contributed by atoms with E-state index in [0.29, 0.717) is 6.61 Å². The van der Waals surface area contributed by atoms with Gasteiger partial charge in [0.2, 0.25) is 0 Å². The van der Waals surface area contributed by atoms with Gasteiger partial charge in [0.25, 0.3) is 0 Å². The van der Waals surface area contributed by atoms with Gasteiger partial charge in [0.1, 0.15) is 0 Å². The predicted octanol–water partition coefficient (Wildman–Crippen LogP) is 5.58. The standard InChI is InChI=1S/C18H32O2/c1-3-4-5-6-7-8-9-10-11-12-13-14-15-16-17-20-18(2)19/h6-7,10-11H,3-5,8-9,12-17H2,1-2H3. The highest BCUT2D eigenvalue weighted by atomic mass is 16.5. The van der Waals surface area contributed by atoms with Crippen molar-refractivity contribution in [3.05, 3.63) is 24.3 Å². The number of hydrogen-bond donors (Lipinski definition) is 0. The largest absolute Gasteiger partial charge is 0.466 e. The molecule has 2 heteroatoms. The van der Waals surface area contributed by atoms with Gasteiger partial charge in [-0.05, 0) is 38.5 Å². The molecule has 20 heavy (non-hydrogen) atoms. The number of rotatable bonds is 13. The zero-order chi connectivity index (χ0) is 14.9. The zero-order valence-corrected chi connectivity index (χ0v) is 13.4. The summed E-state index contributed by atoms with van der Waals surface area (Å²) in [6, 6.07) is 0. The number of carbonyl (C=O) groups is 1. The van der Waals surface area contributed by atoms with E-state index < -0.39 is 0 Å². The molecule has 0 heterocycles. The van der Waals surface area contributed by atoms with Crippen molar-refractivity contribution >= 4 is 5.97 Å². The minimum atomic E-state index is -0.170. The van der Waals surface area contributed by atoms with Gasteiger partial charge in [0.05, 0.1) is 6.61 Å². The van der Waals surface area contributed by atoms with Crippen LogP contribution >= 0.6 is 0 Å². The van der Waals surface area contributed by atoms with Crippen LogP contribution in [0.5, 0.6) is 0 Å².